The quantitative estimate of drug-likeness (QED) is 0.0884. The molecule has 21 rings (SSSR count). The van der Waals surface area contributed by atoms with Crippen molar-refractivity contribution in [2.45, 2.75) is 259 Å². The molecule has 6 fully saturated rings. The normalized spacial score (nSPS) is 36.2. The van der Waals surface area contributed by atoms with Gasteiger partial charge in [0.25, 0.3) is 17.7 Å². The van der Waals surface area contributed by atoms with Crippen LogP contribution in [0.4, 0.5) is 17.1 Å². The van der Waals surface area contributed by atoms with E-state index >= 15 is 0 Å². The Hall–Kier alpha value is -7.08. The summed E-state index contributed by atoms with van der Waals surface area (Å²) in [6.07, 6.45) is 22.1. The number of fused-ring (bicyclic) bond motifs is 12. The van der Waals surface area contributed by atoms with Gasteiger partial charge in [0.1, 0.15) is 22.5 Å². The van der Waals surface area contributed by atoms with Crippen LogP contribution >= 0.6 is 34.8 Å². The highest BCUT2D eigenvalue weighted by Gasteiger charge is 2.54. The zero-order valence-electron chi connectivity index (χ0n) is 88.7. The second kappa shape index (κ2) is 45.6. The van der Waals surface area contributed by atoms with E-state index in [0.29, 0.717) is 137 Å². The van der Waals surface area contributed by atoms with Gasteiger partial charge in [-0.2, -0.15) is 0 Å². The highest BCUT2D eigenvalue weighted by molar-refractivity contribution is 7.99. The van der Waals surface area contributed by atoms with Crippen molar-refractivity contribution in [3.8, 4) is 17.2 Å². The van der Waals surface area contributed by atoms with E-state index < -0.39 is 62.9 Å². The first-order chi connectivity index (χ1) is 71.3. The Morgan fingerprint density at radius 2 is 0.758 bits per heavy atom. The van der Waals surface area contributed by atoms with Crippen LogP contribution < -0.4 is 43.1 Å². The zero-order valence-corrected chi connectivity index (χ0v) is 93.4. The minimum absolute atomic E-state index is 0.000741. The summed E-state index contributed by atoms with van der Waals surface area (Å²) < 4.78 is 140. The van der Waals surface area contributed by atoms with Gasteiger partial charge in [0.15, 0.2) is 18.9 Å². The van der Waals surface area contributed by atoms with Crippen LogP contribution in [0.2, 0.25) is 15.1 Å². The molecule has 3 amide bonds. The number of methoxy groups -OCH3 is 1. The van der Waals surface area contributed by atoms with Gasteiger partial charge in [0.2, 0.25) is 20.0 Å². The van der Waals surface area contributed by atoms with Crippen LogP contribution in [-0.2, 0) is 98.4 Å². The maximum absolute atomic E-state index is 13.9. The van der Waals surface area contributed by atoms with E-state index in [2.05, 4.69) is 97.1 Å². The number of aryl methyl sites for hydroxylation is 3. The van der Waals surface area contributed by atoms with Crippen molar-refractivity contribution < 1.29 is 93.0 Å². The monoisotopic (exact) mass is 2170 g/mol. The van der Waals surface area contributed by atoms with Crippen molar-refractivity contribution in [1.29, 1.82) is 0 Å². The molecule has 3 saturated heterocycles. The Morgan fingerprint density at radius 3 is 1.10 bits per heavy atom. The standard InChI is InChI=1S/C39H54ClN3O7S.C39H53ClN2O6S.C38H51ClN2O7S/c1-25-7-5-9-32(38-48-20-30(21-49-38)42(2)3)31-13-10-28(31)19-43-23-39(16-6-8-26-17-29(40)12-14-33(26)39)24-50-35-15-11-27(18-34(35)43)37(44)41-51(45,46)36(25)22-47-4;1-25-7-5-9-32(37-47-22-38(3,21-43)23-48-37)31-13-10-29(31)19-42-20-39(16-6-8-27-17-30(40)12-14-33(27)39)24-46-35-15-11-28(18-34(35)42)36(44)41-49(4,45)26(25)2;1-24-6-4-8-31(36-47-21-37(3,20-42)22-48-36)30-12-9-28(30)18-41-19-38(15-5-7-26-16-29(39)11-13-32(26)38)23-46-34-14-10-27(17-33(34)41)35(43)40-49(44,45)25(24)2/h11-12,14-15,17-18,25,28,30-32,36,38H,5-10,13,16,19-24H2,1-4H3,(H,41,44);11-12,14-15,17-18,25-26,29,31-32,37,43H,4-10,13,16,19-24H2,1-3H3,(H,41,44,45);10-11,13-14,16-17,24-25,28,30-31,36,42H,4-9,12,15,18-23H2,1-3H3,(H,40,43)/t25-,28-,30?,31+,32+,36-,38?,39-;25-,26+,29-,31+,32+,37?,38?,39-,49?;24-,25+,28-,30+,31+,36?,37?,38-/m000/s1. The number of amides is 3. The van der Waals surface area contributed by atoms with Gasteiger partial charge in [0.05, 0.1) is 117 Å². The van der Waals surface area contributed by atoms with E-state index in [4.69, 9.17) is 82.2 Å². The molecule has 6 aromatic rings. The fraction of sp³-hybridized carbons (Fsp3) is 0.655. The van der Waals surface area contributed by atoms with Gasteiger partial charge in [-0.25, -0.2) is 30.5 Å². The smallest absolute Gasteiger partial charge is 0.264 e. The molecular weight excluding hydrogens is 2010 g/mol. The van der Waals surface area contributed by atoms with Crippen LogP contribution in [-0.4, -0.2) is 240 Å². The summed E-state index contributed by atoms with van der Waals surface area (Å²) in [5.41, 5.74) is 9.72. The number of carbonyl (C=O) groups is 3. The van der Waals surface area contributed by atoms with Crippen molar-refractivity contribution in [3.05, 3.63) is 174 Å². The van der Waals surface area contributed by atoms with E-state index in [-0.39, 0.29) is 113 Å². The number of rotatable bonds is 8. The molecule has 15 aliphatic rings. The highest BCUT2D eigenvalue weighted by Crippen LogP contribution is 2.56. The Kier molecular flexibility index (Phi) is 33.7. The molecule has 0 aromatic heterocycles. The highest BCUT2D eigenvalue weighted by atomic mass is 35.5. The van der Waals surface area contributed by atoms with Gasteiger partial charge in [-0.1, -0.05) is 107 Å². The molecule has 6 aliphatic carbocycles. The van der Waals surface area contributed by atoms with Gasteiger partial charge in [0, 0.05) is 128 Å². The van der Waals surface area contributed by atoms with Crippen molar-refractivity contribution in [2.24, 2.45) is 81.8 Å². The molecule has 0 radical (unpaired) electrons. The molecule has 1 unspecified atom stereocenters. The molecule has 5 N–H and O–H groups in total. The average Bonchev–Trinajstić information content (AvgIpc) is 1.67. The van der Waals surface area contributed by atoms with Crippen molar-refractivity contribution in [2.75, 3.05) is 154 Å². The lowest BCUT2D eigenvalue weighted by Crippen LogP contribution is -2.52. The minimum Gasteiger partial charge on any atom is -0.490 e. The Bertz CT molecular complexity index is 5920. The first kappa shape index (κ1) is 110. The van der Waals surface area contributed by atoms with Gasteiger partial charge in [-0.3, -0.25) is 19.1 Å². The number of sulfonamides is 2. The summed E-state index contributed by atoms with van der Waals surface area (Å²) in [7, 11) is -5.29. The van der Waals surface area contributed by atoms with Gasteiger partial charge >= 0.3 is 0 Å². The van der Waals surface area contributed by atoms with E-state index in [1.54, 1.807) is 25.1 Å². The molecule has 9 aliphatic heterocycles. The number of nitrogens with one attached hydrogen (secondary N) is 3. The first-order valence-corrected chi connectivity index (χ1v) is 61.1. The van der Waals surface area contributed by atoms with Crippen LogP contribution in [0.5, 0.6) is 17.2 Å². The summed E-state index contributed by atoms with van der Waals surface area (Å²) in [5.74, 6) is 7.22. The molecular formula is C116H158Cl3N7O20S3. The second-order valence-electron chi connectivity index (χ2n) is 48.2. The molecule has 6 aromatic carbocycles. The summed E-state index contributed by atoms with van der Waals surface area (Å²) in [4.78, 5) is 50.4. The van der Waals surface area contributed by atoms with E-state index in [9.17, 15) is 45.6 Å². The van der Waals surface area contributed by atoms with Crippen LogP contribution in [0, 0.1) is 81.8 Å². The van der Waals surface area contributed by atoms with E-state index in [1.165, 1.54) is 40.5 Å². The Labute approximate surface area is 898 Å². The first-order valence-electron chi connectivity index (χ1n) is 55.1. The van der Waals surface area contributed by atoms with Crippen molar-refractivity contribution in [1.82, 2.24) is 19.1 Å². The number of anilines is 3. The number of aliphatic hydroxyl groups excluding tert-OH is 2. The molecule has 27 nitrogen and oxygen atoms in total. The maximum Gasteiger partial charge on any atom is 0.264 e. The lowest BCUT2D eigenvalue weighted by Gasteiger charge is -2.49. The predicted octanol–water partition coefficient (Wildman–Crippen LogP) is 18.1. The van der Waals surface area contributed by atoms with E-state index in [0.717, 1.165) is 212 Å². The summed E-state index contributed by atoms with van der Waals surface area (Å²) >= 11 is 19.4. The predicted molar refractivity (Wildman–Crippen MR) is 584 cm³/mol. The van der Waals surface area contributed by atoms with Gasteiger partial charge < -0.3 is 77.2 Å². The number of benzene rings is 6. The number of hydrogen-bond donors (Lipinski definition) is 5. The number of ether oxygens (including phenoxy) is 10. The SMILES string of the molecule is C=S1(=O)NC(=O)c2ccc3c(c2)N(C[C@@H]2CC[C@H]2[C@H](C2OCC(C)(CO)CO2)CCC[C@H](C)[C@H]1C)C[C@@]1(CCCc2cc(Cl)ccc21)CO3.COC[C@H]1[C@@H](C)CCC[C@@H](C2OCC(N(C)C)CO2)[C@@H]2CC[C@H]2CN2C[C@@]3(CCCc4cc(Cl)ccc43)COc3ccc(cc32)C(=O)NS1(=O)=O.C[C@@H]1[C@@H](C)CCC[C@@H](C2OCC(C)(CO)CO2)[C@@H]2CC[C@H]2CN2C[C@@]3(CCCc4cc(Cl)ccc43)COc3ccc(cc32)C(=O)NS1(=O)=O. The molecule has 33 heteroatoms. The third-order valence-corrected chi connectivity index (χ3v) is 44.2. The summed E-state index contributed by atoms with van der Waals surface area (Å²) in [6, 6.07) is 35.3. The fourth-order valence-corrected chi connectivity index (χ4v) is 32.4. The number of aliphatic hydroxyl groups is 2. The Morgan fingerprint density at radius 1 is 0.416 bits per heavy atom. The van der Waals surface area contributed by atoms with Gasteiger partial charge in [-0.05, 0) is 346 Å². The Balaban J connectivity index is 0.000000140. The second-order valence-corrected chi connectivity index (χ2v) is 55.8. The maximum atomic E-state index is 13.9. The lowest BCUT2D eigenvalue weighted by atomic mass is 9.64. The molecule has 816 valence electrons. The molecule has 19 atom stereocenters. The number of nitrogens with zero attached hydrogens (tertiary/aromatic N) is 4. The lowest BCUT2D eigenvalue weighted by molar-refractivity contribution is -0.265. The third-order valence-electron chi connectivity index (χ3n) is 37.6. The average molecular weight is 2170 g/mol. The molecule has 6 bridgehead atoms. The summed E-state index contributed by atoms with van der Waals surface area (Å²) in [6.45, 7) is 22.9. The van der Waals surface area contributed by atoms with Crippen LogP contribution in [0.25, 0.3) is 0 Å². The largest absolute Gasteiger partial charge is 0.490 e. The zero-order chi connectivity index (χ0) is 105. The molecule has 3 spiro atoms. The number of halogens is 3. The van der Waals surface area contributed by atoms with E-state index in [1.807, 2.05) is 89.2 Å². The van der Waals surface area contributed by atoms with Crippen LogP contribution in [0.1, 0.15) is 248 Å². The van der Waals surface area contributed by atoms with Crippen LogP contribution in [0.15, 0.2) is 109 Å². The number of carbonyl (C=O) groups excluding carboxylic acids is 3. The molecule has 9 heterocycles. The molecule has 3 saturated carbocycles. The topological polar surface area (TPSA) is 318 Å². The minimum atomic E-state index is -4.05. The fourth-order valence-electron chi connectivity index (χ4n) is 27.4. The summed E-state index contributed by atoms with van der Waals surface area (Å²) in [5, 5.41) is 20.2. The number of hydrogen-bond acceptors (Lipinski definition) is 24. The van der Waals surface area contributed by atoms with Crippen molar-refractivity contribution >= 4 is 105 Å². The number of likely N-dealkylation sites (N-methyl/N-ethyl adjacent to an activating group) is 1. The molecule has 149 heavy (non-hydrogen) atoms. The van der Waals surface area contributed by atoms with Crippen molar-refractivity contribution in [3.63, 3.8) is 0 Å². The van der Waals surface area contributed by atoms with Gasteiger partial charge in [-0.15, -0.1) is 0 Å². The third kappa shape index (κ3) is 23.5. The van der Waals surface area contributed by atoms with Crippen LogP contribution in [0.3, 0.4) is 0 Å².